The van der Waals surface area contributed by atoms with E-state index in [2.05, 4.69) is 9.80 Å². The number of β-amino-alcohol motifs (C(OH)–C–C–N with tert-alkyl or cyclic N) is 1. The number of anilines is 2. The van der Waals surface area contributed by atoms with Gasteiger partial charge in [0.2, 0.25) is 0 Å². The minimum Gasteiger partial charge on any atom is -0.758 e. The highest BCUT2D eigenvalue weighted by molar-refractivity contribution is 5.58. The molecule has 2 bridgehead atoms. The summed E-state index contributed by atoms with van der Waals surface area (Å²) in [5.74, 6) is 0. The molecule has 1 aromatic carbocycles. The van der Waals surface area contributed by atoms with Crippen molar-refractivity contribution in [2.45, 2.75) is 18.5 Å². The van der Waals surface area contributed by atoms with E-state index in [0.717, 1.165) is 24.7 Å². The zero-order valence-corrected chi connectivity index (χ0v) is 11.2. The first-order chi connectivity index (χ1) is 9.19. The number of aliphatic hydroxyl groups is 1. The van der Waals surface area contributed by atoms with Gasteiger partial charge in [-0.1, -0.05) is 0 Å². The summed E-state index contributed by atoms with van der Waals surface area (Å²) in [6, 6.07) is 8.92. The molecule has 0 radical (unpaired) electrons. The van der Waals surface area contributed by atoms with E-state index in [1.807, 2.05) is 24.3 Å². The van der Waals surface area contributed by atoms with Gasteiger partial charge in [-0.2, -0.15) is 0 Å². The van der Waals surface area contributed by atoms with E-state index in [9.17, 15) is 5.21 Å². The first-order valence-electron chi connectivity index (χ1n) is 6.81. The molecular weight excluding hydrogens is 242 g/mol. The molecule has 2 unspecified atom stereocenters. The van der Waals surface area contributed by atoms with Gasteiger partial charge in [-0.15, -0.1) is 0 Å². The van der Waals surface area contributed by atoms with Crippen molar-refractivity contribution < 1.29 is 5.11 Å². The molecule has 104 valence electrons. The van der Waals surface area contributed by atoms with Crippen LogP contribution in [0.15, 0.2) is 24.3 Å². The third kappa shape index (κ3) is 2.29. The second-order valence-electron chi connectivity index (χ2n) is 5.43. The summed E-state index contributed by atoms with van der Waals surface area (Å²) in [5.41, 5.74) is 1.89. The molecule has 2 saturated heterocycles. The van der Waals surface area contributed by atoms with Crippen LogP contribution in [0.2, 0.25) is 0 Å². The fraction of sp³-hybridized carbons (Fsp3) is 0.571. The highest BCUT2D eigenvalue weighted by Crippen LogP contribution is 2.34. The summed E-state index contributed by atoms with van der Waals surface area (Å²) in [7, 11) is 1.51. The first kappa shape index (κ1) is 12.7. The molecule has 2 aliphatic rings. The Morgan fingerprint density at radius 1 is 1.26 bits per heavy atom. The van der Waals surface area contributed by atoms with E-state index in [1.54, 1.807) is 0 Å². The molecule has 0 aliphatic carbocycles. The highest BCUT2D eigenvalue weighted by atomic mass is 16.5. The van der Waals surface area contributed by atoms with E-state index in [4.69, 9.17) is 5.11 Å². The number of benzene rings is 1. The maximum absolute atomic E-state index is 11.2. The van der Waals surface area contributed by atoms with Crippen LogP contribution in [0.25, 0.3) is 0 Å². The lowest BCUT2D eigenvalue weighted by Gasteiger charge is -2.35. The highest BCUT2D eigenvalue weighted by Gasteiger charge is 2.42. The van der Waals surface area contributed by atoms with Crippen LogP contribution in [0.1, 0.15) is 6.42 Å². The lowest BCUT2D eigenvalue weighted by atomic mass is 10.2. The Balaban J connectivity index is 1.69. The molecule has 2 aliphatic heterocycles. The third-order valence-electron chi connectivity index (χ3n) is 4.29. The van der Waals surface area contributed by atoms with Crippen molar-refractivity contribution in [2.24, 2.45) is 0 Å². The number of fused-ring (bicyclic) bond motifs is 2. The summed E-state index contributed by atoms with van der Waals surface area (Å²) in [4.78, 5) is 4.80. The van der Waals surface area contributed by atoms with Crippen LogP contribution in [-0.4, -0.2) is 55.4 Å². The number of hydrogen-bond acceptors (Lipinski definition) is 5. The molecule has 0 aromatic heterocycles. The maximum Gasteiger partial charge on any atom is 0.0558 e. The normalized spacial score (nSPS) is 26.2. The van der Waals surface area contributed by atoms with Gasteiger partial charge < -0.3 is 20.3 Å². The fourth-order valence-corrected chi connectivity index (χ4v) is 3.32. The Morgan fingerprint density at radius 2 is 2.00 bits per heavy atom. The number of piperazine rings is 1. The van der Waals surface area contributed by atoms with Crippen LogP contribution in [0, 0.1) is 5.21 Å². The van der Waals surface area contributed by atoms with Crippen molar-refractivity contribution in [3.8, 4) is 0 Å². The summed E-state index contributed by atoms with van der Waals surface area (Å²) < 4.78 is 0. The van der Waals surface area contributed by atoms with Gasteiger partial charge in [-0.05, 0) is 37.7 Å². The molecule has 19 heavy (non-hydrogen) atoms. The predicted molar refractivity (Wildman–Crippen MR) is 76.4 cm³/mol. The van der Waals surface area contributed by atoms with Crippen LogP contribution in [0.4, 0.5) is 11.4 Å². The molecule has 0 amide bonds. The van der Waals surface area contributed by atoms with Crippen LogP contribution in [0.3, 0.4) is 0 Å². The van der Waals surface area contributed by atoms with Crippen molar-refractivity contribution in [3.05, 3.63) is 29.5 Å². The van der Waals surface area contributed by atoms with E-state index >= 15 is 0 Å². The van der Waals surface area contributed by atoms with Gasteiger partial charge in [0.1, 0.15) is 0 Å². The molecule has 2 heterocycles. The number of aliphatic hydroxyl groups excluding tert-OH is 1. The van der Waals surface area contributed by atoms with E-state index < -0.39 is 0 Å². The lowest BCUT2D eigenvalue weighted by Crippen LogP contribution is -2.47. The Morgan fingerprint density at radius 3 is 2.53 bits per heavy atom. The fourth-order valence-electron chi connectivity index (χ4n) is 3.32. The summed E-state index contributed by atoms with van der Waals surface area (Å²) in [6.45, 7) is 3.09. The number of rotatable bonds is 4. The summed E-state index contributed by atoms with van der Waals surface area (Å²) in [6.07, 6.45) is 1.18. The molecular formula is C14H20N3O2-. The SMILES string of the molecule is CN([O-])c1ccc(N2CC3CC2CN3CCO)cc1. The van der Waals surface area contributed by atoms with Crippen LogP contribution in [0.5, 0.6) is 0 Å². The average molecular weight is 262 g/mol. The quantitative estimate of drug-likeness (QED) is 0.816. The smallest absolute Gasteiger partial charge is 0.0558 e. The third-order valence-corrected chi connectivity index (χ3v) is 4.29. The van der Waals surface area contributed by atoms with Gasteiger partial charge in [0, 0.05) is 43.1 Å². The molecule has 1 aromatic rings. The van der Waals surface area contributed by atoms with Crippen molar-refractivity contribution in [1.82, 2.24) is 4.90 Å². The first-order valence-corrected chi connectivity index (χ1v) is 6.81. The van der Waals surface area contributed by atoms with Crippen molar-refractivity contribution in [1.29, 1.82) is 0 Å². The summed E-state index contributed by atoms with van der Waals surface area (Å²) in [5, 5.41) is 21.1. The van der Waals surface area contributed by atoms with Crippen molar-refractivity contribution >= 4 is 11.4 Å². The van der Waals surface area contributed by atoms with E-state index in [1.165, 1.54) is 19.2 Å². The van der Waals surface area contributed by atoms with Gasteiger partial charge in [-0.25, -0.2) is 0 Å². The number of hydroxylamine groups is 1. The second kappa shape index (κ2) is 5.00. The number of nitrogens with zero attached hydrogens (tertiary/aromatic N) is 3. The summed E-state index contributed by atoms with van der Waals surface area (Å²) >= 11 is 0. The van der Waals surface area contributed by atoms with E-state index in [0.29, 0.717) is 17.8 Å². The number of hydrogen-bond donors (Lipinski definition) is 1. The largest absolute Gasteiger partial charge is 0.758 e. The maximum atomic E-state index is 11.2. The minimum atomic E-state index is 0.244. The van der Waals surface area contributed by atoms with Crippen LogP contribution >= 0.6 is 0 Å². The molecule has 1 N–H and O–H groups in total. The minimum absolute atomic E-state index is 0.244. The van der Waals surface area contributed by atoms with Crippen LogP contribution < -0.4 is 9.96 Å². The molecule has 5 heteroatoms. The number of likely N-dealkylation sites (tertiary alicyclic amines) is 1. The molecule has 2 atom stereocenters. The zero-order chi connectivity index (χ0) is 13.4. The Hall–Kier alpha value is -1.30. The Bertz CT molecular complexity index is 435. The Kier molecular flexibility index (Phi) is 3.35. The Labute approximate surface area is 113 Å². The second-order valence-corrected chi connectivity index (χ2v) is 5.43. The van der Waals surface area contributed by atoms with Crippen molar-refractivity contribution in [3.63, 3.8) is 0 Å². The van der Waals surface area contributed by atoms with Crippen molar-refractivity contribution in [2.75, 3.05) is 43.3 Å². The standard InChI is InChI=1S/C14H20N3O2/c1-15(19)11-2-4-12(5-3-11)17-10-13-8-14(17)9-16(13)6-7-18/h2-5,13-14,18H,6-10H2,1H3/q-1. The van der Waals surface area contributed by atoms with Gasteiger partial charge in [0.15, 0.2) is 0 Å². The molecule has 0 saturated carbocycles. The zero-order valence-electron chi connectivity index (χ0n) is 11.2. The lowest BCUT2D eigenvalue weighted by molar-refractivity contribution is 0.177. The monoisotopic (exact) mass is 262 g/mol. The van der Waals surface area contributed by atoms with Gasteiger partial charge >= 0.3 is 0 Å². The molecule has 0 spiro atoms. The van der Waals surface area contributed by atoms with Gasteiger partial charge in [0.25, 0.3) is 0 Å². The molecule has 5 nitrogen and oxygen atoms in total. The van der Waals surface area contributed by atoms with E-state index in [-0.39, 0.29) is 6.61 Å². The van der Waals surface area contributed by atoms with Gasteiger partial charge in [0.05, 0.1) is 6.61 Å². The molecule has 3 rings (SSSR count). The van der Waals surface area contributed by atoms with Gasteiger partial charge in [-0.3, -0.25) is 4.90 Å². The predicted octanol–water partition coefficient (Wildman–Crippen LogP) is 0.876. The molecule has 2 fully saturated rings. The average Bonchev–Trinajstić information content (AvgIpc) is 2.99. The van der Waals surface area contributed by atoms with Crippen LogP contribution in [-0.2, 0) is 0 Å². The topological polar surface area (TPSA) is 53.0 Å².